The van der Waals surface area contributed by atoms with Crippen LogP contribution in [-0.4, -0.2) is 40.3 Å². The summed E-state index contributed by atoms with van der Waals surface area (Å²) in [6.07, 6.45) is 1.83. The second-order valence-electron chi connectivity index (χ2n) is 5.44. The van der Waals surface area contributed by atoms with Crippen molar-refractivity contribution in [2.24, 2.45) is 12.8 Å². The van der Waals surface area contributed by atoms with Gasteiger partial charge in [-0.1, -0.05) is 0 Å². The highest BCUT2D eigenvalue weighted by atomic mass is 35.5. The largest absolute Gasteiger partial charge is 0.370 e. The van der Waals surface area contributed by atoms with Crippen molar-refractivity contribution in [3.63, 3.8) is 0 Å². The minimum Gasteiger partial charge on any atom is -0.370 e. The van der Waals surface area contributed by atoms with Gasteiger partial charge in [-0.05, 0) is 24.6 Å². The van der Waals surface area contributed by atoms with E-state index in [4.69, 9.17) is 33.9 Å². The number of carbonyl (C=O) groups is 1. The van der Waals surface area contributed by atoms with Crippen molar-refractivity contribution in [2.75, 3.05) is 29.7 Å². The highest BCUT2D eigenvalue weighted by molar-refractivity contribution is 6.18. The number of alkyl halides is 2. The van der Waals surface area contributed by atoms with Gasteiger partial charge in [-0.25, -0.2) is 4.98 Å². The molecule has 0 spiro atoms. The van der Waals surface area contributed by atoms with E-state index in [-0.39, 0.29) is 5.91 Å². The van der Waals surface area contributed by atoms with Crippen LogP contribution in [0.25, 0.3) is 11.0 Å². The van der Waals surface area contributed by atoms with Crippen LogP contribution in [0.4, 0.5) is 5.69 Å². The number of fused-ring (bicyclic) bond motifs is 1. The number of hydrogen-bond acceptors (Lipinski definition) is 3. The van der Waals surface area contributed by atoms with Crippen LogP contribution in [0.3, 0.4) is 0 Å². The number of aryl methyl sites for hydroxylation is 2. The van der Waals surface area contributed by atoms with Gasteiger partial charge >= 0.3 is 0 Å². The highest BCUT2D eigenvalue weighted by Crippen LogP contribution is 2.23. The first-order valence-electron chi connectivity index (χ1n) is 7.67. The summed E-state index contributed by atoms with van der Waals surface area (Å²) in [4.78, 5) is 17.7. The van der Waals surface area contributed by atoms with Crippen molar-refractivity contribution < 1.29 is 4.79 Å². The summed E-state index contributed by atoms with van der Waals surface area (Å²) >= 11 is 11.7. The van der Waals surface area contributed by atoms with E-state index in [1.807, 2.05) is 7.05 Å². The second kappa shape index (κ2) is 8.41. The molecule has 7 heteroatoms. The Morgan fingerprint density at radius 1 is 1.30 bits per heavy atom. The average Bonchev–Trinajstić information content (AvgIpc) is 2.83. The van der Waals surface area contributed by atoms with Gasteiger partial charge in [0.1, 0.15) is 5.82 Å². The lowest BCUT2D eigenvalue weighted by molar-refractivity contribution is -0.118. The maximum absolute atomic E-state index is 10.9. The Bertz CT molecular complexity index is 665. The number of anilines is 1. The lowest BCUT2D eigenvalue weighted by Gasteiger charge is -2.22. The highest BCUT2D eigenvalue weighted by Gasteiger charge is 2.11. The fourth-order valence-electron chi connectivity index (χ4n) is 2.65. The molecule has 0 fully saturated rings. The van der Waals surface area contributed by atoms with Crippen LogP contribution in [0.2, 0.25) is 0 Å². The van der Waals surface area contributed by atoms with E-state index in [0.717, 1.165) is 42.1 Å². The van der Waals surface area contributed by atoms with Gasteiger partial charge in [-0.2, -0.15) is 0 Å². The Balaban J connectivity index is 2.23. The van der Waals surface area contributed by atoms with Crippen molar-refractivity contribution >= 4 is 45.8 Å². The fourth-order valence-corrected chi connectivity index (χ4v) is 3.06. The standard InChI is InChI=1S/C16H22Cl2N4O/c1-21-14-6-5-12(22(9-7-17)10-8-18)11-13(14)20-16(21)4-2-3-15(19)23/h5-6,11H,2-4,7-10H2,1H3,(H2,19,23). The number of nitrogens with zero attached hydrogens (tertiary/aromatic N) is 3. The Hall–Kier alpha value is -1.46. The molecule has 0 unspecified atom stereocenters. The van der Waals surface area contributed by atoms with Crippen LogP contribution in [0.1, 0.15) is 18.7 Å². The molecule has 2 N–H and O–H groups in total. The molecule has 23 heavy (non-hydrogen) atoms. The Kier molecular flexibility index (Phi) is 6.54. The van der Waals surface area contributed by atoms with Crippen LogP contribution in [0, 0.1) is 0 Å². The summed E-state index contributed by atoms with van der Waals surface area (Å²) in [5.74, 6) is 1.79. The lowest BCUT2D eigenvalue weighted by Crippen LogP contribution is -2.27. The van der Waals surface area contributed by atoms with Crippen LogP contribution < -0.4 is 10.6 Å². The molecule has 1 aromatic heterocycles. The van der Waals surface area contributed by atoms with Gasteiger partial charge < -0.3 is 15.2 Å². The molecule has 2 rings (SSSR count). The fraction of sp³-hybridized carbons (Fsp3) is 0.500. The smallest absolute Gasteiger partial charge is 0.217 e. The number of aromatic nitrogens is 2. The lowest BCUT2D eigenvalue weighted by atomic mass is 10.2. The first-order chi connectivity index (χ1) is 11.1. The van der Waals surface area contributed by atoms with E-state index >= 15 is 0 Å². The number of halogens is 2. The predicted octanol–water partition coefficient (Wildman–Crippen LogP) is 2.67. The van der Waals surface area contributed by atoms with Crippen LogP contribution >= 0.6 is 23.2 Å². The zero-order valence-electron chi connectivity index (χ0n) is 13.3. The first kappa shape index (κ1) is 17.9. The molecule has 0 saturated carbocycles. The summed E-state index contributed by atoms with van der Waals surface area (Å²) in [6.45, 7) is 1.50. The van der Waals surface area contributed by atoms with E-state index in [0.29, 0.717) is 24.6 Å². The first-order valence-corrected chi connectivity index (χ1v) is 8.74. The minimum atomic E-state index is -0.274. The molecule has 0 bridgehead atoms. The third kappa shape index (κ3) is 4.52. The molecule has 126 valence electrons. The summed E-state index contributed by atoms with van der Waals surface area (Å²) in [5, 5.41) is 0. The minimum absolute atomic E-state index is 0.274. The molecule has 0 atom stereocenters. The van der Waals surface area contributed by atoms with Gasteiger partial charge in [0, 0.05) is 50.4 Å². The van der Waals surface area contributed by atoms with Gasteiger partial charge in [0.15, 0.2) is 0 Å². The molecule has 0 radical (unpaired) electrons. The zero-order valence-corrected chi connectivity index (χ0v) is 14.8. The number of primary amides is 1. The molecule has 0 saturated heterocycles. The van der Waals surface area contributed by atoms with E-state index in [2.05, 4.69) is 27.7 Å². The Morgan fingerprint density at radius 3 is 2.61 bits per heavy atom. The van der Waals surface area contributed by atoms with Crippen molar-refractivity contribution in [1.82, 2.24) is 9.55 Å². The predicted molar refractivity (Wildman–Crippen MR) is 96.5 cm³/mol. The van der Waals surface area contributed by atoms with Crippen molar-refractivity contribution in [2.45, 2.75) is 19.3 Å². The van der Waals surface area contributed by atoms with Crippen LogP contribution in [0.5, 0.6) is 0 Å². The quantitative estimate of drug-likeness (QED) is 0.702. The molecule has 1 amide bonds. The van der Waals surface area contributed by atoms with Gasteiger partial charge in [-0.15, -0.1) is 23.2 Å². The van der Waals surface area contributed by atoms with Crippen LogP contribution in [-0.2, 0) is 18.3 Å². The van der Waals surface area contributed by atoms with Gasteiger partial charge in [-0.3, -0.25) is 4.79 Å². The van der Waals surface area contributed by atoms with Crippen LogP contribution in [0.15, 0.2) is 18.2 Å². The number of carbonyl (C=O) groups excluding carboxylic acids is 1. The van der Waals surface area contributed by atoms with Crippen molar-refractivity contribution in [3.05, 3.63) is 24.0 Å². The molecule has 2 aromatic rings. The molecule has 5 nitrogen and oxygen atoms in total. The average molecular weight is 357 g/mol. The zero-order chi connectivity index (χ0) is 16.8. The second-order valence-corrected chi connectivity index (χ2v) is 6.20. The molecular formula is C16H22Cl2N4O. The Morgan fingerprint density at radius 2 is 2.00 bits per heavy atom. The molecule has 1 heterocycles. The van der Waals surface area contributed by atoms with Crippen molar-refractivity contribution in [1.29, 1.82) is 0 Å². The third-order valence-corrected chi connectivity index (χ3v) is 4.19. The molecule has 0 aliphatic rings. The number of hydrogen-bond donors (Lipinski definition) is 1. The monoisotopic (exact) mass is 356 g/mol. The maximum Gasteiger partial charge on any atom is 0.217 e. The summed E-state index contributed by atoms with van der Waals surface area (Å²) in [7, 11) is 1.99. The van der Waals surface area contributed by atoms with Gasteiger partial charge in [0.05, 0.1) is 11.0 Å². The molecule has 1 aromatic carbocycles. The maximum atomic E-state index is 10.9. The number of imidazole rings is 1. The van der Waals surface area contributed by atoms with Crippen molar-refractivity contribution in [3.8, 4) is 0 Å². The Labute approximate surface area is 146 Å². The van der Waals surface area contributed by atoms with E-state index < -0.39 is 0 Å². The normalized spacial score (nSPS) is 11.1. The number of amides is 1. The molecule has 0 aliphatic carbocycles. The number of benzene rings is 1. The third-order valence-electron chi connectivity index (χ3n) is 3.85. The SMILES string of the molecule is Cn1c(CCCC(N)=O)nc2cc(N(CCCl)CCCl)ccc21. The molecule has 0 aliphatic heterocycles. The summed E-state index contributed by atoms with van der Waals surface area (Å²) < 4.78 is 2.06. The van der Waals surface area contributed by atoms with Gasteiger partial charge in [0.2, 0.25) is 5.91 Å². The van der Waals surface area contributed by atoms with E-state index in [9.17, 15) is 4.79 Å². The topological polar surface area (TPSA) is 64.1 Å². The molecular weight excluding hydrogens is 335 g/mol. The number of nitrogens with two attached hydrogens (primary N) is 1. The van der Waals surface area contributed by atoms with E-state index in [1.165, 1.54) is 0 Å². The van der Waals surface area contributed by atoms with Gasteiger partial charge in [0.25, 0.3) is 0 Å². The van der Waals surface area contributed by atoms with E-state index in [1.54, 1.807) is 0 Å². The number of rotatable bonds is 9. The summed E-state index contributed by atoms with van der Waals surface area (Å²) in [5.41, 5.74) is 8.26. The summed E-state index contributed by atoms with van der Waals surface area (Å²) in [6, 6.07) is 6.19.